The molecule has 1 rings (SSSR count). The summed E-state index contributed by atoms with van der Waals surface area (Å²) in [5.74, 6) is -0.158. The smallest absolute Gasteiger partial charge is 0.276 e. The monoisotopic (exact) mass is 270 g/mol. The third-order valence-electron chi connectivity index (χ3n) is 2.80. The summed E-state index contributed by atoms with van der Waals surface area (Å²) in [5.41, 5.74) is 7.21. The number of aliphatic hydroxyl groups is 1. The van der Waals surface area contributed by atoms with Crippen LogP contribution in [0, 0.1) is 0 Å². The lowest BCUT2D eigenvalue weighted by Gasteiger charge is -2.19. The normalized spacial score (nSPS) is 12.7. The van der Waals surface area contributed by atoms with Gasteiger partial charge in [-0.25, -0.2) is 0 Å². The van der Waals surface area contributed by atoms with Crippen molar-refractivity contribution in [1.29, 1.82) is 0 Å². The summed E-state index contributed by atoms with van der Waals surface area (Å²) in [4.78, 5) is 13.5. The third-order valence-corrected chi connectivity index (χ3v) is 2.80. The Balaban J connectivity index is 2.77. The highest BCUT2D eigenvalue weighted by molar-refractivity contribution is 5.97. The molecule has 0 bridgehead atoms. The number of aromatic nitrogens is 2. The number of nitrogens with one attached hydrogen (secondary N) is 1. The molecule has 1 amide bonds. The first-order chi connectivity index (χ1) is 8.88. The van der Waals surface area contributed by atoms with Crippen LogP contribution < -0.4 is 5.73 Å². The molecular weight excluding hydrogens is 248 g/mol. The van der Waals surface area contributed by atoms with Crippen LogP contribution >= 0.6 is 0 Å². The van der Waals surface area contributed by atoms with E-state index < -0.39 is 6.10 Å². The van der Waals surface area contributed by atoms with E-state index in [9.17, 15) is 9.90 Å². The highest BCUT2D eigenvalue weighted by atomic mass is 16.5. The van der Waals surface area contributed by atoms with Gasteiger partial charge in [0.15, 0.2) is 5.69 Å². The van der Waals surface area contributed by atoms with Gasteiger partial charge < -0.3 is 20.5 Å². The number of anilines is 1. The van der Waals surface area contributed by atoms with Gasteiger partial charge >= 0.3 is 0 Å². The number of ether oxygens (including phenoxy) is 1. The van der Waals surface area contributed by atoms with Gasteiger partial charge in [0.1, 0.15) is 0 Å². The second-order valence-corrected chi connectivity index (χ2v) is 4.85. The Morgan fingerprint density at radius 2 is 2.21 bits per heavy atom. The quantitative estimate of drug-likeness (QED) is 0.684. The lowest BCUT2D eigenvalue weighted by molar-refractivity contribution is 0.0378. The molecule has 0 aliphatic heterocycles. The first-order valence-corrected chi connectivity index (χ1v) is 6.14. The minimum absolute atomic E-state index is 0.163. The molecule has 1 heterocycles. The minimum atomic E-state index is -0.733. The van der Waals surface area contributed by atoms with E-state index in [1.807, 2.05) is 13.8 Å². The van der Waals surface area contributed by atoms with Crippen molar-refractivity contribution in [3.05, 3.63) is 11.4 Å². The maximum Gasteiger partial charge on any atom is 0.276 e. The summed E-state index contributed by atoms with van der Waals surface area (Å²) in [6, 6.07) is 0. The van der Waals surface area contributed by atoms with E-state index >= 15 is 0 Å². The summed E-state index contributed by atoms with van der Waals surface area (Å²) >= 11 is 0. The second kappa shape index (κ2) is 6.53. The Morgan fingerprint density at radius 3 is 2.68 bits per heavy atom. The van der Waals surface area contributed by atoms with Gasteiger partial charge in [0.2, 0.25) is 0 Å². The van der Waals surface area contributed by atoms with E-state index in [1.54, 1.807) is 7.05 Å². The number of likely N-dealkylation sites (N-methyl/N-ethyl adjacent to an activating group) is 1. The maximum atomic E-state index is 12.2. The average Bonchev–Trinajstić information content (AvgIpc) is 2.70. The number of methoxy groups -OCH3 is 1. The van der Waals surface area contributed by atoms with Crippen molar-refractivity contribution in [1.82, 2.24) is 15.1 Å². The Bertz CT molecular complexity index is 431. The van der Waals surface area contributed by atoms with Crippen LogP contribution in [-0.4, -0.2) is 59.5 Å². The average molecular weight is 270 g/mol. The Morgan fingerprint density at radius 1 is 1.58 bits per heavy atom. The fourth-order valence-electron chi connectivity index (χ4n) is 1.79. The number of carbonyl (C=O) groups excluding carboxylic acids is 1. The molecule has 1 aromatic rings. The van der Waals surface area contributed by atoms with Crippen molar-refractivity contribution in [2.24, 2.45) is 0 Å². The molecule has 4 N–H and O–H groups in total. The Hall–Kier alpha value is -1.60. The van der Waals surface area contributed by atoms with Gasteiger partial charge in [-0.3, -0.25) is 9.89 Å². The summed E-state index contributed by atoms with van der Waals surface area (Å²) in [6.45, 7) is 4.26. The van der Waals surface area contributed by atoms with Gasteiger partial charge in [-0.2, -0.15) is 5.10 Å². The predicted octanol–water partition coefficient (Wildman–Crippen LogP) is 0.195. The number of hydrogen-bond acceptors (Lipinski definition) is 5. The van der Waals surface area contributed by atoms with Gasteiger partial charge in [-0.1, -0.05) is 13.8 Å². The van der Waals surface area contributed by atoms with E-state index in [0.717, 1.165) is 5.69 Å². The van der Waals surface area contributed by atoms with E-state index in [1.165, 1.54) is 12.0 Å². The molecule has 7 heteroatoms. The molecule has 19 heavy (non-hydrogen) atoms. The van der Waals surface area contributed by atoms with E-state index in [0.29, 0.717) is 5.69 Å². The van der Waals surface area contributed by atoms with E-state index in [2.05, 4.69) is 10.2 Å². The van der Waals surface area contributed by atoms with Crippen molar-refractivity contribution in [2.75, 3.05) is 33.0 Å². The number of carbonyl (C=O) groups is 1. The van der Waals surface area contributed by atoms with Crippen LogP contribution in [0.4, 0.5) is 5.69 Å². The van der Waals surface area contributed by atoms with Crippen LogP contribution in [0.5, 0.6) is 0 Å². The number of amides is 1. The van der Waals surface area contributed by atoms with Crippen LogP contribution in [0.25, 0.3) is 0 Å². The molecule has 0 fully saturated rings. The molecule has 0 aliphatic carbocycles. The molecular formula is C12H22N4O3. The molecule has 108 valence electrons. The number of nitrogens with zero attached hydrogens (tertiary/aromatic N) is 2. The summed E-state index contributed by atoms with van der Waals surface area (Å²) < 4.78 is 4.81. The fourth-order valence-corrected chi connectivity index (χ4v) is 1.79. The number of nitrogens with two attached hydrogens (primary N) is 1. The fraction of sp³-hybridized carbons (Fsp3) is 0.667. The van der Waals surface area contributed by atoms with Crippen LogP contribution in [0.1, 0.15) is 35.9 Å². The minimum Gasteiger partial charge on any atom is -0.395 e. The molecule has 0 aromatic carbocycles. The van der Waals surface area contributed by atoms with Gasteiger partial charge in [0.25, 0.3) is 5.91 Å². The number of hydrogen-bond donors (Lipinski definition) is 3. The van der Waals surface area contributed by atoms with Crippen LogP contribution in [0.2, 0.25) is 0 Å². The SMILES string of the molecule is COCC(O)CN(C)C(=O)c1n[nH]c(C(C)C)c1N. The van der Waals surface area contributed by atoms with Gasteiger partial charge in [0.05, 0.1) is 24.1 Å². The van der Waals surface area contributed by atoms with Gasteiger partial charge in [-0.15, -0.1) is 0 Å². The second-order valence-electron chi connectivity index (χ2n) is 4.85. The van der Waals surface area contributed by atoms with Crippen molar-refractivity contribution in [3.63, 3.8) is 0 Å². The highest BCUT2D eigenvalue weighted by Gasteiger charge is 2.23. The zero-order valence-corrected chi connectivity index (χ0v) is 11.8. The molecule has 1 atom stereocenters. The van der Waals surface area contributed by atoms with Gasteiger partial charge in [0, 0.05) is 20.7 Å². The maximum absolute atomic E-state index is 12.2. The number of aliphatic hydroxyl groups excluding tert-OH is 1. The summed E-state index contributed by atoms with van der Waals surface area (Å²) in [6.07, 6.45) is -0.733. The lowest BCUT2D eigenvalue weighted by Crippen LogP contribution is -2.36. The number of rotatable bonds is 6. The number of aromatic amines is 1. The van der Waals surface area contributed by atoms with Crippen molar-refractivity contribution in [2.45, 2.75) is 25.9 Å². The standard InChI is InChI=1S/C12H22N4O3/c1-7(2)10-9(13)11(15-14-10)12(18)16(3)5-8(17)6-19-4/h7-8,17H,5-6,13H2,1-4H3,(H,14,15). The summed E-state index contributed by atoms with van der Waals surface area (Å²) in [5, 5.41) is 16.3. The van der Waals surface area contributed by atoms with E-state index in [4.69, 9.17) is 10.5 Å². The number of H-pyrrole nitrogens is 1. The van der Waals surface area contributed by atoms with Crippen molar-refractivity contribution < 1.29 is 14.6 Å². The van der Waals surface area contributed by atoms with Crippen molar-refractivity contribution in [3.8, 4) is 0 Å². The predicted molar refractivity (Wildman–Crippen MR) is 71.9 cm³/mol. The van der Waals surface area contributed by atoms with Crippen LogP contribution in [0.15, 0.2) is 0 Å². The summed E-state index contributed by atoms with van der Waals surface area (Å²) in [7, 11) is 3.08. The van der Waals surface area contributed by atoms with Gasteiger partial charge in [-0.05, 0) is 5.92 Å². The van der Waals surface area contributed by atoms with E-state index in [-0.39, 0.29) is 30.7 Å². The Kier molecular flexibility index (Phi) is 5.31. The molecule has 1 unspecified atom stereocenters. The molecule has 0 aliphatic rings. The zero-order valence-electron chi connectivity index (χ0n) is 11.8. The van der Waals surface area contributed by atoms with Crippen LogP contribution in [-0.2, 0) is 4.74 Å². The highest BCUT2D eigenvalue weighted by Crippen LogP contribution is 2.22. The molecule has 0 saturated heterocycles. The van der Waals surface area contributed by atoms with Crippen molar-refractivity contribution >= 4 is 11.6 Å². The molecule has 7 nitrogen and oxygen atoms in total. The molecule has 1 aromatic heterocycles. The number of nitrogen functional groups attached to an aromatic ring is 1. The lowest BCUT2D eigenvalue weighted by atomic mass is 10.1. The molecule has 0 spiro atoms. The Labute approximate surface area is 112 Å². The molecule has 0 saturated carbocycles. The first-order valence-electron chi connectivity index (χ1n) is 6.14. The first kappa shape index (κ1) is 15.5. The largest absolute Gasteiger partial charge is 0.395 e. The topological polar surface area (TPSA) is 104 Å². The zero-order chi connectivity index (χ0) is 14.6. The third kappa shape index (κ3) is 3.68. The van der Waals surface area contributed by atoms with Crippen LogP contribution in [0.3, 0.4) is 0 Å². The molecule has 0 radical (unpaired) electrons.